The fourth-order valence-corrected chi connectivity index (χ4v) is 1.91. The highest BCUT2D eigenvalue weighted by Crippen LogP contribution is 2.18. The zero-order valence-corrected chi connectivity index (χ0v) is 10.1. The van der Waals surface area contributed by atoms with Gasteiger partial charge in [0, 0.05) is 6.08 Å². The molecule has 0 unspecified atom stereocenters. The van der Waals surface area contributed by atoms with E-state index in [4.69, 9.17) is 9.52 Å². The SMILES string of the molecule is Cc1cc(C)c2c(=O)c(/C=C/C(=O)O)coc2c1. The lowest BCUT2D eigenvalue weighted by Gasteiger charge is -2.03. The first-order valence-electron chi connectivity index (χ1n) is 5.43. The van der Waals surface area contributed by atoms with Crippen molar-refractivity contribution in [2.75, 3.05) is 0 Å². The average Bonchev–Trinajstić information content (AvgIpc) is 2.26. The second-order valence-electron chi connectivity index (χ2n) is 4.15. The highest BCUT2D eigenvalue weighted by Gasteiger charge is 2.08. The first-order chi connectivity index (χ1) is 8.49. The van der Waals surface area contributed by atoms with E-state index < -0.39 is 5.97 Å². The van der Waals surface area contributed by atoms with Gasteiger partial charge in [-0.05, 0) is 37.1 Å². The first-order valence-corrected chi connectivity index (χ1v) is 5.43. The lowest BCUT2D eigenvalue weighted by atomic mass is 10.1. The van der Waals surface area contributed by atoms with Crippen LogP contribution in [0.2, 0.25) is 0 Å². The van der Waals surface area contributed by atoms with E-state index in [1.54, 1.807) is 6.07 Å². The largest absolute Gasteiger partial charge is 0.478 e. The van der Waals surface area contributed by atoms with Gasteiger partial charge in [-0.15, -0.1) is 0 Å². The predicted molar refractivity (Wildman–Crippen MR) is 68.6 cm³/mol. The van der Waals surface area contributed by atoms with Gasteiger partial charge in [0.05, 0.1) is 10.9 Å². The van der Waals surface area contributed by atoms with Gasteiger partial charge in [0.15, 0.2) is 5.43 Å². The summed E-state index contributed by atoms with van der Waals surface area (Å²) in [7, 11) is 0. The highest BCUT2D eigenvalue weighted by molar-refractivity contribution is 5.87. The third kappa shape index (κ3) is 2.18. The Morgan fingerprint density at radius 2 is 2.06 bits per heavy atom. The lowest BCUT2D eigenvalue weighted by Crippen LogP contribution is -2.07. The van der Waals surface area contributed by atoms with Gasteiger partial charge in [-0.1, -0.05) is 6.07 Å². The summed E-state index contributed by atoms with van der Waals surface area (Å²) in [5, 5.41) is 9.04. The van der Waals surface area contributed by atoms with Crippen LogP contribution in [0.4, 0.5) is 0 Å². The second kappa shape index (κ2) is 4.49. The minimum absolute atomic E-state index is 0.216. The molecule has 0 atom stereocenters. The van der Waals surface area contributed by atoms with Crippen molar-refractivity contribution in [2.24, 2.45) is 0 Å². The molecule has 0 radical (unpaired) electrons. The Bertz CT molecular complexity index is 708. The maximum Gasteiger partial charge on any atom is 0.328 e. The fraction of sp³-hybridized carbons (Fsp3) is 0.143. The summed E-state index contributed by atoms with van der Waals surface area (Å²) in [5.74, 6) is -1.10. The molecule has 18 heavy (non-hydrogen) atoms. The van der Waals surface area contributed by atoms with E-state index in [0.717, 1.165) is 17.2 Å². The summed E-state index contributed by atoms with van der Waals surface area (Å²) >= 11 is 0. The molecule has 1 aromatic carbocycles. The summed E-state index contributed by atoms with van der Waals surface area (Å²) in [6.45, 7) is 3.75. The molecule has 0 spiro atoms. The number of benzene rings is 1. The minimum Gasteiger partial charge on any atom is -0.478 e. The summed E-state index contributed by atoms with van der Waals surface area (Å²) in [5.41, 5.74) is 2.37. The van der Waals surface area contributed by atoms with Crippen molar-refractivity contribution >= 4 is 23.0 Å². The summed E-state index contributed by atoms with van der Waals surface area (Å²) in [6, 6.07) is 3.68. The van der Waals surface area contributed by atoms with Gasteiger partial charge in [0.1, 0.15) is 11.8 Å². The molecule has 0 aliphatic rings. The highest BCUT2D eigenvalue weighted by atomic mass is 16.4. The van der Waals surface area contributed by atoms with Crippen molar-refractivity contribution < 1.29 is 14.3 Å². The molecule has 4 nitrogen and oxygen atoms in total. The standard InChI is InChI=1S/C14H12O4/c1-8-5-9(2)13-11(6-8)18-7-10(14(13)17)3-4-12(15)16/h3-7H,1-2H3,(H,15,16)/b4-3+. The molecule has 0 bridgehead atoms. The zero-order chi connectivity index (χ0) is 13.3. The van der Waals surface area contributed by atoms with Crippen LogP contribution in [0.15, 0.2) is 33.7 Å². The van der Waals surface area contributed by atoms with E-state index in [-0.39, 0.29) is 11.0 Å². The molecule has 0 saturated heterocycles. The van der Waals surface area contributed by atoms with Crippen LogP contribution in [0.25, 0.3) is 17.0 Å². The third-order valence-corrected chi connectivity index (χ3v) is 2.65. The van der Waals surface area contributed by atoms with Crippen LogP contribution >= 0.6 is 0 Å². The molecule has 1 heterocycles. The monoisotopic (exact) mass is 244 g/mol. The Hall–Kier alpha value is -2.36. The van der Waals surface area contributed by atoms with E-state index in [1.807, 2.05) is 19.9 Å². The number of carboxylic acids is 1. The topological polar surface area (TPSA) is 67.5 Å². The van der Waals surface area contributed by atoms with Crippen LogP contribution in [-0.2, 0) is 4.79 Å². The fourth-order valence-electron chi connectivity index (χ4n) is 1.91. The zero-order valence-electron chi connectivity index (χ0n) is 10.1. The molecule has 4 heteroatoms. The van der Waals surface area contributed by atoms with Crippen LogP contribution < -0.4 is 5.43 Å². The maximum atomic E-state index is 12.2. The number of hydrogen-bond donors (Lipinski definition) is 1. The Balaban J connectivity index is 2.72. The molecule has 2 aromatic rings. The van der Waals surface area contributed by atoms with E-state index in [9.17, 15) is 9.59 Å². The molecule has 1 N–H and O–H groups in total. The molecular weight excluding hydrogens is 232 g/mol. The van der Waals surface area contributed by atoms with Crippen LogP contribution in [0.1, 0.15) is 16.7 Å². The average molecular weight is 244 g/mol. The minimum atomic E-state index is -1.10. The summed E-state index contributed by atoms with van der Waals surface area (Å²) < 4.78 is 5.37. The smallest absolute Gasteiger partial charge is 0.328 e. The van der Waals surface area contributed by atoms with Gasteiger partial charge in [0.25, 0.3) is 0 Å². The number of carbonyl (C=O) groups is 1. The maximum absolute atomic E-state index is 12.2. The van der Waals surface area contributed by atoms with Crippen molar-refractivity contribution in [2.45, 2.75) is 13.8 Å². The number of carboxylic acid groups (broad SMARTS) is 1. The van der Waals surface area contributed by atoms with E-state index >= 15 is 0 Å². The second-order valence-corrected chi connectivity index (χ2v) is 4.15. The van der Waals surface area contributed by atoms with Crippen molar-refractivity contribution in [3.05, 3.63) is 51.4 Å². The van der Waals surface area contributed by atoms with Gasteiger partial charge in [-0.3, -0.25) is 4.79 Å². The number of fused-ring (bicyclic) bond motifs is 1. The van der Waals surface area contributed by atoms with Gasteiger partial charge >= 0.3 is 5.97 Å². The van der Waals surface area contributed by atoms with Crippen molar-refractivity contribution in [1.82, 2.24) is 0 Å². The molecule has 0 amide bonds. The molecule has 1 aromatic heterocycles. The van der Waals surface area contributed by atoms with Gasteiger partial charge in [-0.2, -0.15) is 0 Å². The van der Waals surface area contributed by atoms with Gasteiger partial charge in [-0.25, -0.2) is 4.79 Å². The number of rotatable bonds is 2. The Morgan fingerprint density at radius 3 is 2.72 bits per heavy atom. The van der Waals surface area contributed by atoms with Crippen LogP contribution in [-0.4, -0.2) is 11.1 Å². The molecule has 0 aliphatic heterocycles. The normalized spacial score (nSPS) is 11.2. The Morgan fingerprint density at radius 1 is 1.33 bits per heavy atom. The Labute approximate surface area is 103 Å². The molecular formula is C14H12O4. The van der Waals surface area contributed by atoms with E-state index in [1.165, 1.54) is 12.3 Å². The van der Waals surface area contributed by atoms with Crippen molar-refractivity contribution in [3.8, 4) is 0 Å². The van der Waals surface area contributed by atoms with Crippen LogP contribution in [0.5, 0.6) is 0 Å². The quantitative estimate of drug-likeness (QED) is 0.824. The van der Waals surface area contributed by atoms with Gasteiger partial charge in [0.2, 0.25) is 0 Å². The number of aliphatic carboxylic acids is 1. The van der Waals surface area contributed by atoms with E-state index in [0.29, 0.717) is 11.0 Å². The van der Waals surface area contributed by atoms with Crippen LogP contribution in [0, 0.1) is 13.8 Å². The van der Waals surface area contributed by atoms with Gasteiger partial charge < -0.3 is 9.52 Å². The molecule has 0 saturated carbocycles. The molecule has 2 rings (SSSR count). The number of aryl methyl sites for hydroxylation is 2. The first kappa shape index (κ1) is 12.1. The molecule has 0 fully saturated rings. The molecule has 92 valence electrons. The summed E-state index contributed by atoms with van der Waals surface area (Å²) in [6.07, 6.45) is 3.44. The Kier molecular flexibility index (Phi) is 3.02. The van der Waals surface area contributed by atoms with Crippen molar-refractivity contribution in [3.63, 3.8) is 0 Å². The molecule has 0 aliphatic carbocycles. The predicted octanol–water partition coefficient (Wildman–Crippen LogP) is 2.51. The van der Waals surface area contributed by atoms with Crippen molar-refractivity contribution in [1.29, 1.82) is 0 Å². The van der Waals surface area contributed by atoms with E-state index in [2.05, 4.69) is 0 Å². The lowest BCUT2D eigenvalue weighted by molar-refractivity contribution is -0.131. The van der Waals surface area contributed by atoms with Crippen LogP contribution in [0.3, 0.4) is 0 Å². The third-order valence-electron chi connectivity index (χ3n) is 2.65. The summed E-state index contributed by atoms with van der Waals surface area (Å²) in [4.78, 5) is 22.6. The number of hydrogen-bond acceptors (Lipinski definition) is 3.